The Labute approximate surface area is 120 Å². The van der Waals surface area contributed by atoms with Gasteiger partial charge in [0.15, 0.2) is 0 Å². The van der Waals surface area contributed by atoms with Crippen LogP contribution < -0.4 is 9.47 Å². The molecule has 0 saturated carbocycles. The van der Waals surface area contributed by atoms with Crippen LogP contribution in [0.4, 0.5) is 0 Å². The molecule has 0 radical (unpaired) electrons. The molecule has 0 N–H and O–H groups in total. The number of ether oxygens (including phenoxy) is 2. The Morgan fingerprint density at radius 2 is 1.89 bits per heavy atom. The van der Waals surface area contributed by atoms with Crippen molar-refractivity contribution in [3.63, 3.8) is 0 Å². The van der Waals surface area contributed by atoms with Crippen LogP contribution in [-0.4, -0.2) is 7.11 Å². The zero-order valence-electron chi connectivity index (χ0n) is 9.82. The minimum atomic E-state index is 0.453. The average Bonchev–Trinajstić information content (AvgIpc) is 2.40. The first-order valence-electron chi connectivity index (χ1n) is 5.40. The summed E-state index contributed by atoms with van der Waals surface area (Å²) in [4.78, 5) is 0. The highest BCUT2D eigenvalue weighted by molar-refractivity contribution is 9.10. The van der Waals surface area contributed by atoms with Gasteiger partial charge in [-0.3, -0.25) is 0 Å². The standard InChI is InChI=1S/C14H12BrClO2/c1-17-12-3-2-4-13(8-12)18-9-10-7-11(16)5-6-14(10)15/h2-8H,9H2,1H3. The number of hydrogen-bond donors (Lipinski definition) is 0. The lowest BCUT2D eigenvalue weighted by molar-refractivity contribution is 0.303. The largest absolute Gasteiger partial charge is 0.497 e. The third kappa shape index (κ3) is 3.40. The molecule has 94 valence electrons. The maximum absolute atomic E-state index is 5.95. The Kier molecular flexibility index (Phi) is 4.50. The summed E-state index contributed by atoms with van der Waals surface area (Å²) in [5.74, 6) is 1.54. The van der Waals surface area contributed by atoms with E-state index in [1.807, 2.05) is 42.5 Å². The van der Waals surface area contributed by atoms with E-state index in [-0.39, 0.29) is 0 Å². The van der Waals surface area contributed by atoms with E-state index >= 15 is 0 Å². The molecule has 0 aliphatic heterocycles. The number of rotatable bonds is 4. The molecule has 0 aliphatic carbocycles. The highest BCUT2D eigenvalue weighted by Crippen LogP contribution is 2.24. The SMILES string of the molecule is COc1cccc(OCc2cc(Cl)ccc2Br)c1. The molecule has 2 aromatic carbocycles. The molecule has 0 aliphatic rings. The summed E-state index contributed by atoms with van der Waals surface area (Å²) in [5.41, 5.74) is 1.00. The smallest absolute Gasteiger partial charge is 0.123 e. The fourth-order valence-corrected chi connectivity index (χ4v) is 2.06. The van der Waals surface area contributed by atoms with Gasteiger partial charge < -0.3 is 9.47 Å². The van der Waals surface area contributed by atoms with Gasteiger partial charge >= 0.3 is 0 Å². The van der Waals surface area contributed by atoms with Crippen molar-refractivity contribution >= 4 is 27.5 Å². The lowest BCUT2D eigenvalue weighted by Gasteiger charge is -2.09. The molecular formula is C14H12BrClO2. The topological polar surface area (TPSA) is 18.5 Å². The summed E-state index contributed by atoms with van der Waals surface area (Å²) in [7, 11) is 1.63. The molecule has 0 atom stereocenters. The van der Waals surface area contributed by atoms with Gasteiger partial charge in [0.2, 0.25) is 0 Å². The van der Waals surface area contributed by atoms with Crippen molar-refractivity contribution < 1.29 is 9.47 Å². The van der Waals surface area contributed by atoms with Crippen LogP contribution in [0.1, 0.15) is 5.56 Å². The first kappa shape index (κ1) is 13.2. The normalized spacial score (nSPS) is 10.2. The summed E-state index contributed by atoms with van der Waals surface area (Å²) >= 11 is 9.42. The number of methoxy groups -OCH3 is 1. The summed E-state index contributed by atoms with van der Waals surface area (Å²) in [6.45, 7) is 0.453. The second-order valence-electron chi connectivity index (χ2n) is 3.70. The molecule has 2 rings (SSSR count). The Morgan fingerprint density at radius 3 is 2.67 bits per heavy atom. The van der Waals surface area contributed by atoms with E-state index in [4.69, 9.17) is 21.1 Å². The van der Waals surface area contributed by atoms with Crippen molar-refractivity contribution in [3.8, 4) is 11.5 Å². The van der Waals surface area contributed by atoms with Gasteiger partial charge in [-0.2, -0.15) is 0 Å². The first-order valence-corrected chi connectivity index (χ1v) is 6.57. The zero-order chi connectivity index (χ0) is 13.0. The molecule has 0 aromatic heterocycles. The van der Waals surface area contributed by atoms with E-state index in [0.29, 0.717) is 11.6 Å². The molecule has 0 unspecified atom stereocenters. The van der Waals surface area contributed by atoms with Crippen molar-refractivity contribution in [2.75, 3.05) is 7.11 Å². The van der Waals surface area contributed by atoms with E-state index in [9.17, 15) is 0 Å². The van der Waals surface area contributed by atoms with Crippen LogP contribution in [0.15, 0.2) is 46.9 Å². The maximum atomic E-state index is 5.95. The van der Waals surface area contributed by atoms with Gasteiger partial charge in [0.05, 0.1) is 7.11 Å². The molecule has 0 bridgehead atoms. The lowest BCUT2D eigenvalue weighted by Crippen LogP contribution is -1.96. The lowest BCUT2D eigenvalue weighted by atomic mass is 10.2. The Balaban J connectivity index is 2.08. The van der Waals surface area contributed by atoms with Crippen LogP contribution >= 0.6 is 27.5 Å². The fraction of sp³-hybridized carbons (Fsp3) is 0.143. The van der Waals surface area contributed by atoms with E-state index in [1.54, 1.807) is 7.11 Å². The minimum absolute atomic E-state index is 0.453. The van der Waals surface area contributed by atoms with E-state index in [0.717, 1.165) is 21.5 Å². The van der Waals surface area contributed by atoms with Crippen molar-refractivity contribution in [3.05, 3.63) is 57.5 Å². The van der Waals surface area contributed by atoms with E-state index in [2.05, 4.69) is 15.9 Å². The predicted molar refractivity (Wildman–Crippen MR) is 76.5 cm³/mol. The Hall–Kier alpha value is -1.19. The quantitative estimate of drug-likeness (QED) is 0.811. The van der Waals surface area contributed by atoms with Gasteiger partial charge in [0, 0.05) is 21.1 Å². The molecule has 0 spiro atoms. The van der Waals surface area contributed by atoms with Crippen LogP contribution in [0.3, 0.4) is 0 Å². The second-order valence-corrected chi connectivity index (χ2v) is 4.99. The van der Waals surface area contributed by atoms with Gasteiger partial charge in [-0.1, -0.05) is 33.6 Å². The zero-order valence-corrected chi connectivity index (χ0v) is 12.2. The molecule has 0 heterocycles. The maximum Gasteiger partial charge on any atom is 0.123 e. The molecule has 0 fully saturated rings. The third-order valence-electron chi connectivity index (χ3n) is 2.44. The highest BCUT2D eigenvalue weighted by atomic mass is 79.9. The van der Waals surface area contributed by atoms with Crippen LogP contribution in [0.2, 0.25) is 5.02 Å². The van der Waals surface area contributed by atoms with Gasteiger partial charge in [-0.15, -0.1) is 0 Å². The molecular weight excluding hydrogens is 316 g/mol. The Bertz CT molecular complexity index is 543. The van der Waals surface area contributed by atoms with Crippen LogP contribution in [0.5, 0.6) is 11.5 Å². The van der Waals surface area contributed by atoms with E-state index in [1.165, 1.54) is 0 Å². The number of hydrogen-bond acceptors (Lipinski definition) is 2. The molecule has 18 heavy (non-hydrogen) atoms. The van der Waals surface area contributed by atoms with Crippen molar-refractivity contribution in [1.29, 1.82) is 0 Å². The molecule has 0 saturated heterocycles. The van der Waals surface area contributed by atoms with Gasteiger partial charge in [0.25, 0.3) is 0 Å². The van der Waals surface area contributed by atoms with Gasteiger partial charge in [-0.05, 0) is 30.3 Å². The third-order valence-corrected chi connectivity index (χ3v) is 3.45. The summed E-state index contributed by atoms with van der Waals surface area (Å²) in [6.07, 6.45) is 0. The predicted octanol–water partition coefficient (Wildman–Crippen LogP) is 4.69. The van der Waals surface area contributed by atoms with Gasteiger partial charge in [0.1, 0.15) is 18.1 Å². The Morgan fingerprint density at radius 1 is 1.11 bits per heavy atom. The van der Waals surface area contributed by atoms with Gasteiger partial charge in [-0.25, -0.2) is 0 Å². The molecule has 0 amide bonds. The van der Waals surface area contributed by atoms with Crippen molar-refractivity contribution in [2.24, 2.45) is 0 Å². The average molecular weight is 328 g/mol. The summed E-state index contributed by atoms with van der Waals surface area (Å²) in [6, 6.07) is 13.1. The van der Waals surface area contributed by atoms with Crippen LogP contribution in [-0.2, 0) is 6.61 Å². The summed E-state index contributed by atoms with van der Waals surface area (Å²) < 4.78 is 11.8. The second kappa shape index (κ2) is 6.12. The van der Waals surface area contributed by atoms with Crippen LogP contribution in [0.25, 0.3) is 0 Å². The van der Waals surface area contributed by atoms with Crippen LogP contribution in [0, 0.1) is 0 Å². The number of benzene rings is 2. The fourth-order valence-electron chi connectivity index (χ4n) is 1.51. The molecule has 2 nitrogen and oxygen atoms in total. The first-order chi connectivity index (χ1) is 8.69. The highest BCUT2D eigenvalue weighted by Gasteiger charge is 2.03. The monoisotopic (exact) mass is 326 g/mol. The molecule has 2 aromatic rings. The van der Waals surface area contributed by atoms with Crippen molar-refractivity contribution in [2.45, 2.75) is 6.61 Å². The molecule has 4 heteroatoms. The minimum Gasteiger partial charge on any atom is -0.497 e. The van der Waals surface area contributed by atoms with E-state index < -0.39 is 0 Å². The summed E-state index contributed by atoms with van der Waals surface area (Å²) in [5, 5.41) is 0.697. The van der Waals surface area contributed by atoms with Crippen molar-refractivity contribution in [1.82, 2.24) is 0 Å². The number of halogens is 2.